The molecule has 0 saturated heterocycles. The minimum Gasteiger partial charge on any atom is -0.335 e. The van der Waals surface area contributed by atoms with Gasteiger partial charge in [0.2, 0.25) is 0 Å². The second-order valence-electron chi connectivity index (χ2n) is 3.82. The molecular weight excluding hydrogens is 206 g/mol. The van der Waals surface area contributed by atoms with Crippen LogP contribution in [0.4, 0.5) is 8.78 Å². The Morgan fingerprint density at radius 2 is 2.36 bits per heavy atom. The van der Waals surface area contributed by atoms with Crippen LogP contribution in [0.25, 0.3) is 0 Å². The average molecular weight is 218 g/mol. The zero-order valence-electron chi connectivity index (χ0n) is 7.89. The zero-order valence-corrected chi connectivity index (χ0v) is 8.70. The lowest BCUT2D eigenvalue weighted by Crippen LogP contribution is -2.24. The van der Waals surface area contributed by atoms with Gasteiger partial charge in [-0.05, 0) is 32.0 Å². The molecule has 0 aromatic carbocycles. The number of halogens is 2. The van der Waals surface area contributed by atoms with Gasteiger partial charge in [-0.25, -0.2) is 8.78 Å². The van der Waals surface area contributed by atoms with Crippen LogP contribution in [-0.2, 0) is 0 Å². The predicted octanol–water partition coefficient (Wildman–Crippen LogP) is 3.21. The van der Waals surface area contributed by atoms with Crippen LogP contribution in [-0.4, -0.2) is 15.5 Å². The topological polar surface area (TPSA) is 20.7 Å². The summed E-state index contributed by atoms with van der Waals surface area (Å²) >= 11 is 4.99. The molecule has 5 heteroatoms. The molecule has 0 amide bonds. The second kappa shape index (κ2) is 3.15. The van der Waals surface area contributed by atoms with Gasteiger partial charge in [-0.2, -0.15) is 0 Å². The first-order chi connectivity index (χ1) is 6.50. The van der Waals surface area contributed by atoms with E-state index in [4.69, 9.17) is 12.2 Å². The quantitative estimate of drug-likeness (QED) is 0.718. The Bertz CT molecular complexity index is 394. The first-order valence-electron chi connectivity index (χ1n) is 4.66. The van der Waals surface area contributed by atoms with Crippen molar-refractivity contribution in [1.29, 1.82) is 0 Å². The van der Waals surface area contributed by atoms with E-state index in [1.807, 2.05) is 6.92 Å². The molecular formula is C9H12F2N2S. The molecule has 1 saturated carbocycles. The average Bonchev–Trinajstić information content (AvgIpc) is 2.54. The lowest BCUT2D eigenvalue weighted by Gasteiger charge is -2.19. The Morgan fingerprint density at radius 1 is 1.64 bits per heavy atom. The maximum Gasteiger partial charge on any atom is 0.268 e. The maximum atomic E-state index is 13.4. The molecule has 0 bridgehead atoms. The molecule has 0 spiro atoms. The molecule has 1 unspecified atom stereocenters. The molecule has 1 N–H and O–H groups in total. The summed E-state index contributed by atoms with van der Waals surface area (Å²) in [5.41, 5.74) is 0.831. The summed E-state index contributed by atoms with van der Waals surface area (Å²) in [5, 5.41) is 0. The highest BCUT2D eigenvalue weighted by Crippen LogP contribution is 2.43. The summed E-state index contributed by atoms with van der Waals surface area (Å²) in [6, 6.07) is -0.750. The van der Waals surface area contributed by atoms with E-state index in [0.29, 0.717) is 17.6 Å². The number of aromatic amines is 1. The number of aromatic nitrogens is 2. The lowest BCUT2D eigenvalue weighted by atomic mass is 10.2. The molecule has 1 aliphatic carbocycles. The second-order valence-corrected chi connectivity index (χ2v) is 4.21. The van der Waals surface area contributed by atoms with E-state index < -0.39 is 12.0 Å². The van der Waals surface area contributed by atoms with Gasteiger partial charge in [0.25, 0.3) is 5.92 Å². The number of hydrogen-bond acceptors (Lipinski definition) is 1. The molecule has 1 atom stereocenters. The van der Waals surface area contributed by atoms with Gasteiger partial charge in [0.15, 0.2) is 4.77 Å². The summed E-state index contributed by atoms with van der Waals surface area (Å²) in [6.45, 7) is 1.82. The first-order valence-corrected chi connectivity index (χ1v) is 5.07. The van der Waals surface area contributed by atoms with Crippen molar-refractivity contribution >= 4 is 12.2 Å². The van der Waals surface area contributed by atoms with Gasteiger partial charge in [-0.1, -0.05) is 0 Å². The fourth-order valence-corrected chi connectivity index (χ4v) is 2.36. The summed E-state index contributed by atoms with van der Waals surface area (Å²) in [7, 11) is 0. The fraction of sp³-hybridized carbons (Fsp3) is 0.667. The van der Waals surface area contributed by atoms with Crippen LogP contribution in [0.3, 0.4) is 0 Å². The van der Waals surface area contributed by atoms with Gasteiger partial charge in [0, 0.05) is 18.3 Å². The standard InChI is InChI=1S/C9H12F2N2S/c1-6-5-13(8(14)12-6)7-3-2-4-9(7,10)11/h5,7H,2-4H2,1H3,(H,12,14). The molecule has 1 aliphatic rings. The molecule has 1 fully saturated rings. The van der Waals surface area contributed by atoms with Crippen molar-refractivity contribution in [2.24, 2.45) is 0 Å². The number of H-pyrrole nitrogens is 1. The summed E-state index contributed by atoms with van der Waals surface area (Å²) < 4.78 is 28.7. The third-order valence-electron chi connectivity index (χ3n) is 2.68. The smallest absolute Gasteiger partial charge is 0.268 e. The van der Waals surface area contributed by atoms with E-state index in [0.717, 1.165) is 5.69 Å². The van der Waals surface area contributed by atoms with Crippen molar-refractivity contribution in [1.82, 2.24) is 9.55 Å². The number of nitrogens with zero attached hydrogens (tertiary/aromatic N) is 1. The molecule has 1 aromatic heterocycles. The van der Waals surface area contributed by atoms with Crippen LogP contribution in [0.2, 0.25) is 0 Å². The number of imidazole rings is 1. The van der Waals surface area contributed by atoms with E-state index in [2.05, 4.69) is 4.98 Å². The molecule has 0 aliphatic heterocycles. The highest BCUT2D eigenvalue weighted by molar-refractivity contribution is 7.71. The van der Waals surface area contributed by atoms with E-state index in [1.165, 1.54) is 4.57 Å². The number of rotatable bonds is 1. The number of hydrogen-bond donors (Lipinski definition) is 1. The van der Waals surface area contributed by atoms with Crippen LogP contribution in [0.1, 0.15) is 31.0 Å². The van der Waals surface area contributed by atoms with Gasteiger partial charge in [-0.3, -0.25) is 0 Å². The lowest BCUT2D eigenvalue weighted by molar-refractivity contribution is -0.0310. The minimum atomic E-state index is -2.60. The zero-order chi connectivity index (χ0) is 10.3. The molecule has 2 nitrogen and oxygen atoms in total. The van der Waals surface area contributed by atoms with Crippen molar-refractivity contribution in [3.05, 3.63) is 16.7 Å². The van der Waals surface area contributed by atoms with Crippen molar-refractivity contribution < 1.29 is 8.78 Å². The SMILES string of the molecule is Cc1cn(C2CCCC2(F)F)c(=S)[nH]1. The number of nitrogens with one attached hydrogen (secondary N) is 1. The predicted molar refractivity (Wildman–Crippen MR) is 52.2 cm³/mol. The largest absolute Gasteiger partial charge is 0.335 e. The Hall–Kier alpha value is -0.710. The molecule has 1 heterocycles. The van der Waals surface area contributed by atoms with Gasteiger partial charge >= 0.3 is 0 Å². The van der Waals surface area contributed by atoms with E-state index in [-0.39, 0.29) is 6.42 Å². The van der Waals surface area contributed by atoms with E-state index in [9.17, 15) is 8.78 Å². The minimum absolute atomic E-state index is 0.0241. The van der Waals surface area contributed by atoms with Gasteiger partial charge in [-0.15, -0.1) is 0 Å². The fourth-order valence-electron chi connectivity index (χ4n) is 2.02. The number of alkyl halides is 2. The third kappa shape index (κ3) is 1.49. The molecule has 14 heavy (non-hydrogen) atoms. The molecule has 1 aromatic rings. The summed E-state index contributed by atoms with van der Waals surface area (Å²) in [6.07, 6.45) is 2.73. The normalized spacial score (nSPS) is 25.5. The summed E-state index contributed by atoms with van der Waals surface area (Å²) in [4.78, 5) is 2.87. The Labute approximate surface area is 85.9 Å². The van der Waals surface area contributed by atoms with E-state index >= 15 is 0 Å². The van der Waals surface area contributed by atoms with Gasteiger partial charge in [0.05, 0.1) is 6.04 Å². The highest BCUT2D eigenvalue weighted by Gasteiger charge is 2.45. The van der Waals surface area contributed by atoms with Crippen LogP contribution >= 0.6 is 12.2 Å². The third-order valence-corrected chi connectivity index (χ3v) is 3.00. The number of aryl methyl sites for hydroxylation is 1. The van der Waals surface area contributed by atoms with Crippen LogP contribution in [0.15, 0.2) is 6.20 Å². The van der Waals surface area contributed by atoms with Crippen LogP contribution in [0.5, 0.6) is 0 Å². The van der Waals surface area contributed by atoms with Gasteiger partial charge < -0.3 is 9.55 Å². The molecule has 78 valence electrons. The maximum absolute atomic E-state index is 13.4. The van der Waals surface area contributed by atoms with Crippen LogP contribution in [0, 0.1) is 11.7 Å². The first kappa shape index (κ1) is 9.83. The van der Waals surface area contributed by atoms with E-state index in [1.54, 1.807) is 6.20 Å². The van der Waals surface area contributed by atoms with Gasteiger partial charge in [0.1, 0.15) is 0 Å². The Morgan fingerprint density at radius 3 is 2.79 bits per heavy atom. The van der Waals surface area contributed by atoms with Crippen molar-refractivity contribution in [3.63, 3.8) is 0 Å². The van der Waals surface area contributed by atoms with Crippen molar-refractivity contribution in [3.8, 4) is 0 Å². The Balaban J connectivity index is 2.40. The highest BCUT2D eigenvalue weighted by atomic mass is 32.1. The van der Waals surface area contributed by atoms with Crippen molar-refractivity contribution in [2.75, 3.05) is 0 Å². The van der Waals surface area contributed by atoms with Crippen LogP contribution < -0.4 is 0 Å². The molecule has 2 rings (SSSR count). The Kier molecular flexibility index (Phi) is 2.21. The summed E-state index contributed by atoms with van der Waals surface area (Å²) in [5.74, 6) is -2.60. The molecule has 0 radical (unpaired) electrons. The van der Waals surface area contributed by atoms with Crippen molar-refractivity contribution in [2.45, 2.75) is 38.2 Å². The monoisotopic (exact) mass is 218 g/mol.